The van der Waals surface area contributed by atoms with Gasteiger partial charge in [-0.25, -0.2) is 4.79 Å². The Balaban J connectivity index is 2.03. The van der Waals surface area contributed by atoms with Crippen LogP contribution in [0.25, 0.3) is 0 Å². The molecule has 0 spiro atoms. The summed E-state index contributed by atoms with van der Waals surface area (Å²) in [4.78, 5) is 38.3. The predicted octanol–water partition coefficient (Wildman–Crippen LogP) is 3.23. The lowest BCUT2D eigenvalue weighted by Crippen LogP contribution is -2.51. The predicted molar refractivity (Wildman–Crippen MR) is 107 cm³/mol. The van der Waals surface area contributed by atoms with Crippen LogP contribution in [0.3, 0.4) is 0 Å². The number of rotatable bonds is 0. The molecule has 3 atom stereocenters. The first-order chi connectivity index (χ1) is 13.6. The minimum atomic E-state index is -1.09. The highest BCUT2D eigenvalue weighted by molar-refractivity contribution is 6.04. The van der Waals surface area contributed by atoms with Crippen LogP contribution in [0.2, 0.25) is 0 Å². The molecule has 2 aliphatic heterocycles. The van der Waals surface area contributed by atoms with E-state index in [-0.39, 0.29) is 12.2 Å². The highest BCUT2D eigenvalue weighted by Crippen LogP contribution is 2.30. The van der Waals surface area contributed by atoms with Gasteiger partial charge in [0.05, 0.1) is 11.3 Å². The van der Waals surface area contributed by atoms with Crippen molar-refractivity contribution in [1.29, 1.82) is 0 Å². The van der Waals surface area contributed by atoms with Crippen molar-refractivity contribution < 1.29 is 28.6 Å². The molecule has 2 aliphatic rings. The van der Waals surface area contributed by atoms with Gasteiger partial charge in [0.25, 0.3) is 5.91 Å². The van der Waals surface area contributed by atoms with Gasteiger partial charge in [0.15, 0.2) is 11.6 Å². The molecular formula is C22H27NO6. The zero-order chi connectivity index (χ0) is 21.3. The first-order valence-electron chi connectivity index (χ1n) is 9.75. The Morgan fingerprint density at radius 1 is 1.07 bits per heavy atom. The van der Waals surface area contributed by atoms with Gasteiger partial charge in [-0.05, 0) is 57.9 Å². The van der Waals surface area contributed by atoms with Gasteiger partial charge in [-0.2, -0.15) is 0 Å². The summed E-state index contributed by atoms with van der Waals surface area (Å²) in [6, 6.07) is 3.59. The minimum absolute atomic E-state index is 0.0958. The SMILES string of the molecule is Cc1cc(C)c2c(c1)NC(=O)[C@@H]1C[C@H](OC(C)(C)O1)C(=O)/C=C/C[C@H](C)OC2=O. The van der Waals surface area contributed by atoms with Gasteiger partial charge in [-0.1, -0.05) is 12.1 Å². The first kappa shape index (κ1) is 21.2. The fourth-order valence-electron chi connectivity index (χ4n) is 3.66. The maximum Gasteiger partial charge on any atom is 0.340 e. The maximum absolute atomic E-state index is 13.0. The number of esters is 1. The number of benzene rings is 1. The molecule has 2 heterocycles. The van der Waals surface area contributed by atoms with E-state index >= 15 is 0 Å². The number of carbonyl (C=O) groups excluding carboxylic acids is 3. The lowest BCUT2D eigenvalue weighted by atomic mass is 10.0. The Morgan fingerprint density at radius 2 is 1.76 bits per heavy atom. The van der Waals surface area contributed by atoms with Crippen LogP contribution in [0.5, 0.6) is 0 Å². The third-order valence-corrected chi connectivity index (χ3v) is 4.89. The van der Waals surface area contributed by atoms with Crippen molar-refractivity contribution in [2.75, 3.05) is 5.32 Å². The minimum Gasteiger partial charge on any atom is -0.459 e. The van der Waals surface area contributed by atoms with E-state index in [9.17, 15) is 14.4 Å². The Bertz CT molecular complexity index is 872. The topological polar surface area (TPSA) is 90.9 Å². The highest BCUT2D eigenvalue weighted by Gasteiger charge is 2.41. The van der Waals surface area contributed by atoms with Crippen LogP contribution in [-0.4, -0.2) is 41.8 Å². The molecule has 7 heteroatoms. The van der Waals surface area contributed by atoms with E-state index in [1.54, 1.807) is 39.8 Å². The molecule has 1 aromatic rings. The summed E-state index contributed by atoms with van der Waals surface area (Å²) in [5.41, 5.74) is 2.29. The van der Waals surface area contributed by atoms with Crippen molar-refractivity contribution in [3.8, 4) is 0 Å². The van der Waals surface area contributed by atoms with E-state index < -0.39 is 36.0 Å². The van der Waals surface area contributed by atoms with E-state index in [1.807, 2.05) is 13.0 Å². The van der Waals surface area contributed by atoms with Crippen LogP contribution in [-0.2, 0) is 23.8 Å². The van der Waals surface area contributed by atoms with Gasteiger partial charge in [-0.15, -0.1) is 0 Å². The van der Waals surface area contributed by atoms with Crippen molar-refractivity contribution in [3.05, 3.63) is 41.0 Å². The fraction of sp³-hybridized carbons (Fsp3) is 0.500. The second-order valence-corrected chi connectivity index (χ2v) is 8.10. The van der Waals surface area contributed by atoms with Crippen LogP contribution < -0.4 is 5.32 Å². The van der Waals surface area contributed by atoms with Crippen LogP contribution in [0, 0.1) is 13.8 Å². The lowest BCUT2D eigenvalue weighted by molar-refractivity contribution is -0.285. The number of cyclic esters (lactones) is 1. The number of aryl methyl sites for hydroxylation is 2. The molecule has 0 aliphatic carbocycles. The quantitative estimate of drug-likeness (QED) is 0.671. The van der Waals surface area contributed by atoms with Crippen LogP contribution in [0.4, 0.5) is 5.69 Å². The van der Waals surface area contributed by atoms with E-state index in [4.69, 9.17) is 14.2 Å². The molecule has 3 rings (SSSR count). The van der Waals surface area contributed by atoms with Crippen molar-refractivity contribution >= 4 is 23.3 Å². The fourth-order valence-corrected chi connectivity index (χ4v) is 3.66. The molecule has 1 aromatic carbocycles. The molecule has 156 valence electrons. The average Bonchev–Trinajstić information content (AvgIpc) is 2.58. The second kappa shape index (κ2) is 8.08. The van der Waals surface area contributed by atoms with Crippen LogP contribution >= 0.6 is 0 Å². The third kappa shape index (κ3) is 4.92. The van der Waals surface area contributed by atoms with E-state index in [0.29, 0.717) is 23.2 Å². The van der Waals surface area contributed by atoms with Gasteiger partial charge < -0.3 is 19.5 Å². The molecular weight excluding hydrogens is 374 g/mol. The second-order valence-electron chi connectivity index (χ2n) is 8.10. The summed E-state index contributed by atoms with van der Waals surface area (Å²) in [6.45, 7) is 8.77. The molecule has 1 saturated heterocycles. The smallest absolute Gasteiger partial charge is 0.340 e. The zero-order valence-corrected chi connectivity index (χ0v) is 17.4. The molecule has 0 saturated carbocycles. The Hall–Kier alpha value is -2.51. The van der Waals surface area contributed by atoms with Crippen molar-refractivity contribution in [3.63, 3.8) is 0 Å². The normalized spacial score (nSPS) is 28.6. The van der Waals surface area contributed by atoms with Gasteiger partial charge in [0.2, 0.25) is 0 Å². The summed E-state index contributed by atoms with van der Waals surface area (Å²) in [6.07, 6.45) is 1.45. The summed E-state index contributed by atoms with van der Waals surface area (Å²) < 4.78 is 17.0. The summed E-state index contributed by atoms with van der Waals surface area (Å²) >= 11 is 0. The molecule has 7 nitrogen and oxygen atoms in total. The number of ether oxygens (including phenoxy) is 3. The number of anilines is 1. The summed E-state index contributed by atoms with van der Waals surface area (Å²) in [5, 5.41) is 2.80. The number of amides is 1. The number of nitrogens with one attached hydrogen (secondary N) is 1. The Kier molecular flexibility index (Phi) is 5.91. The van der Waals surface area contributed by atoms with Gasteiger partial charge in [0.1, 0.15) is 18.3 Å². The average molecular weight is 401 g/mol. The van der Waals surface area contributed by atoms with Gasteiger partial charge >= 0.3 is 5.97 Å². The number of ketones is 1. The molecule has 2 bridgehead atoms. The third-order valence-electron chi connectivity index (χ3n) is 4.89. The first-order valence-corrected chi connectivity index (χ1v) is 9.75. The highest BCUT2D eigenvalue weighted by atomic mass is 16.7. The number of hydrogen-bond acceptors (Lipinski definition) is 6. The molecule has 0 unspecified atom stereocenters. The van der Waals surface area contributed by atoms with E-state index in [2.05, 4.69) is 5.32 Å². The number of hydrogen-bond donors (Lipinski definition) is 1. The Morgan fingerprint density at radius 3 is 2.48 bits per heavy atom. The molecule has 1 N–H and O–H groups in total. The number of carbonyl (C=O) groups is 3. The maximum atomic E-state index is 13.0. The van der Waals surface area contributed by atoms with Crippen LogP contribution in [0.1, 0.15) is 55.1 Å². The van der Waals surface area contributed by atoms with Crippen LogP contribution in [0.15, 0.2) is 24.3 Å². The Labute approximate surface area is 170 Å². The van der Waals surface area contributed by atoms with Gasteiger partial charge in [0, 0.05) is 12.8 Å². The van der Waals surface area contributed by atoms with Crippen molar-refractivity contribution in [2.45, 2.75) is 71.6 Å². The molecule has 29 heavy (non-hydrogen) atoms. The molecule has 1 fully saturated rings. The van der Waals surface area contributed by atoms with Crippen molar-refractivity contribution in [2.24, 2.45) is 0 Å². The van der Waals surface area contributed by atoms with Gasteiger partial charge in [-0.3, -0.25) is 9.59 Å². The zero-order valence-electron chi connectivity index (χ0n) is 17.4. The molecule has 0 aromatic heterocycles. The van der Waals surface area contributed by atoms with E-state index in [1.165, 1.54) is 6.08 Å². The number of fused-ring (bicyclic) bond motifs is 3. The summed E-state index contributed by atoms with van der Waals surface area (Å²) in [7, 11) is 0. The lowest BCUT2D eigenvalue weighted by Gasteiger charge is -2.39. The molecule has 1 amide bonds. The summed E-state index contributed by atoms with van der Waals surface area (Å²) in [5.74, 6) is -2.30. The standard InChI is InChI=1S/C22H27NO6/c1-12-9-13(2)19-15(10-12)23-20(25)18-11-17(28-22(4,5)29-18)16(24)8-6-7-14(3)27-21(19)26/h6,8-10,14,17-18H,7,11H2,1-5H3,(H,23,25)/b8-6+/t14-,17-,18-/m0/s1. The van der Waals surface area contributed by atoms with Crippen molar-refractivity contribution in [1.82, 2.24) is 0 Å². The van der Waals surface area contributed by atoms with E-state index in [0.717, 1.165) is 5.56 Å². The molecule has 0 radical (unpaired) electrons. The largest absolute Gasteiger partial charge is 0.459 e. The monoisotopic (exact) mass is 401 g/mol.